The Morgan fingerprint density at radius 1 is 1.14 bits per heavy atom. The molecule has 0 spiro atoms. The molecule has 0 saturated heterocycles. The van der Waals surface area contributed by atoms with E-state index >= 15 is 0 Å². The van der Waals surface area contributed by atoms with Gasteiger partial charge in [-0.05, 0) is 41.5 Å². The van der Waals surface area contributed by atoms with Crippen molar-refractivity contribution in [2.75, 3.05) is 5.32 Å². The molecular formula is C14H14BrFN2O2S. The summed E-state index contributed by atoms with van der Waals surface area (Å²) in [5, 5.41) is 8.13. The monoisotopic (exact) mass is 372 g/mol. The molecule has 0 radical (unpaired) electrons. The molecule has 7 heteroatoms. The fraction of sp³-hybridized carbons (Fsp3) is 0.143. The predicted molar refractivity (Wildman–Crippen MR) is 84.7 cm³/mol. The maximum atomic E-state index is 13.2. The molecule has 0 heterocycles. The number of benzene rings is 2. The second-order valence-electron chi connectivity index (χ2n) is 4.59. The summed E-state index contributed by atoms with van der Waals surface area (Å²) in [6.45, 7) is 0.451. The fourth-order valence-corrected chi connectivity index (χ4v) is 2.87. The fourth-order valence-electron chi connectivity index (χ4n) is 1.83. The molecule has 112 valence electrons. The smallest absolute Gasteiger partial charge is 0.213 e. The van der Waals surface area contributed by atoms with Crippen LogP contribution in [0.4, 0.5) is 10.1 Å². The van der Waals surface area contributed by atoms with Crippen molar-refractivity contribution < 1.29 is 12.8 Å². The van der Waals surface area contributed by atoms with E-state index in [-0.39, 0.29) is 11.6 Å². The maximum absolute atomic E-state index is 13.2. The Morgan fingerprint density at radius 3 is 2.43 bits per heavy atom. The Morgan fingerprint density at radius 2 is 1.81 bits per heavy atom. The van der Waals surface area contributed by atoms with E-state index in [1.54, 1.807) is 30.3 Å². The average molecular weight is 373 g/mol. The minimum Gasteiger partial charge on any atom is -0.381 e. The van der Waals surface area contributed by atoms with Crippen LogP contribution in [-0.2, 0) is 22.3 Å². The highest BCUT2D eigenvalue weighted by Crippen LogP contribution is 2.19. The van der Waals surface area contributed by atoms with Gasteiger partial charge in [-0.25, -0.2) is 17.9 Å². The molecule has 0 aliphatic heterocycles. The lowest BCUT2D eigenvalue weighted by Gasteiger charge is -2.09. The van der Waals surface area contributed by atoms with Crippen LogP contribution in [0, 0.1) is 5.82 Å². The molecule has 0 atom stereocenters. The van der Waals surface area contributed by atoms with Crippen LogP contribution in [-0.4, -0.2) is 8.42 Å². The lowest BCUT2D eigenvalue weighted by atomic mass is 10.2. The van der Waals surface area contributed by atoms with E-state index in [1.807, 2.05) is 0 Å². The Labute approximate surface area is 131 Å². The highest BCUT2D eigenvalue weighted by molar-refractivity contribution is 9.10. The number of primary sulfonamides is 1. The second-order valence-corrected chi connectivity index (χ2v) is 7.06. The van der Waals surface area contributed by atoms with Crippen LogP contribution in [0.25, 0.3) is 0 Å². The summed E-state index contributed by atoms with van der Waals surface area (Å²) in [5.74, 6) is -0.485. The van der Waals surface area contributed by atoms with E-state index in [0.717, 1.165) is 15.7 Å². The first-order valence-corrected chi connectivity index (χ1v) is 8.61. The zero-order chi connectivity index (χ0) is 15.5. The number of anilines is 1. The Balaban J connectivity index is 2.02. The molecule has 0 aliphatic carbocycles. The van der Waals surface area contributed by atoms with Crippen molar-refractivity contribution in [1.82, 2.24) is 0 Å². The van der Waals surface area contributed by atoms with E-state index in [9.17, 15) is 12.8 Å². The van der Waals surface area contributed by atoms with Gasteiger partial charge >= 0.3 is 0 Å². The van der Waals surface area contributed by atoms with Crippen LogP contribution < -0.4 is 10.5 Å². The summed E-state index contributed by atoms with van der Waals surface area (Å²) in [5.41, 5.74) is 2.22. The number of nitrogens with one attached hydrogen (secondary N) is 1. The SMILES string of the molecule is NS(=O)(=O)Cc1ccc(NCc2cc(F)ccc2Br)cc1. The normalized spacial score (nSPS) is 11.4. The van der Waals surface area contributed by atoms with Crippen LogP contribution >= 0.6 is 15.9 Å². The minimum atomic E-state index is -3.52. The highest BCUT2D eigenvalue weighted by Gasteiger charge is 2.05. The number of sulfonamides is 1. The van der Waals surface area contributed by atoms with Crippen molar-refractivity contribution in [3.05, 3.63) is 63.9 Å². The van der Waals surface area contributed by atoms with Crippen LogP contribution in [0.1, 0.15) is 11.1 Å². The summed E-state index contributed by atoms with van der Waals surface area (Å²) < 4.78 is 36.0. The van der Waals surface area contributed by atoms with Crippen LogP contribution in [0.3, 0.4) is 0 Å². The van der Waals surface area contributed by atoms with E-state index < -0.39 is 10.0 Å². The second kappa shape index (κ2) is 6.55. The Hall–Kier alpha value is -1.44. The first-order valence-electron chi connectivity index (χ1n) is 6.11. The summed E-state index contributed by atoms with van der Waals surface area (Å²) in [6, 6.07) is 11.4. The van der Waals surface area contributed by atoms with Gasteiger partial charge in [-0.2, -0.15) is 0 Å². The molecule has 2 rings (SSSR count). The van der Waals surface area contributed by atoms with Crippen molar-refractivity contribution in [1.29, 1.82) is 0 Å². The third kappa shape index (κ3) is 5.11. The van der Waals surface area contributed by atoms with Crippen molar-refractivity contribution in [3.63, 3.8) is 0 Å². The molecule has 2 aromatic carbocycles. The predicted octanol–water partition coefficient (Wildman–Crippen LogP) is 2.99. The third-order valence-corrected chi connectivity index (χ3v) is 4.32. The molecule has 4 nitrogen and oxygen atoms in total. The third-order valence-electron chi connectivity index (χ3n) is 2.81. The number of nitrogens with two attached hydrogens (primary N) is 1. The first kappa shape index (κ1) is 15.9. The van der Waals surface area contributed by atoms with Crippen LogP contribution in [0.2, 0.25) is 0 Å². The van der Waals surface area contributed by atoms with Crippen molar-refractivity contribution in [2.24, 2.45) is 5.14 Å². The van der Waals surface area contributed by atoms with Gasteiger partial charge in [0.05, 0.1) is 5.75 Å². The van der Waals surface area contributed by atoms with Gasteiger partial charge < -0.3 is 5.32 Å². The molecule has 0 saturated carbocycles. The van der Waals surface area contributed by atoms with Gasteiger partial charge in [0.25, 0.3) is 0 Å². The minimum absolute atomic E-state index is 0.192. The average Bonchev–Trinajstić information content (AvgIpc) is 2.40. The van der Waals surface area contributed by atoms with E-state index in [1.165, 1.54) is 12.1 Å². The Bertz CT molecular complexity index is 733. The molecule has 0 bridgehead atoms. The van der Waals surface area contributed by atoms with Crippen molar-refractivity contribution >= 4 is 31.6 Å². The molecule has 3 N–H and O–H groups in total. The molecule has 0 amide bonds. The summed E-state index contributed by atoms with van der Waals surface area (Å²) in [4.78, 5) is 0. The Kier molecular flexibility index (Phi) is 4.97. The van der Waals surface area contributed by atoms with Crippen LogP contribution in [0.15, 0.2) is 46.9 Å². The van der Waals surface area contributed by atoms with Gasteiger partial charge in [-0.1, -0.05) is 28.1 Å². The van der Waals surface area contributed by atoms with Crippen LogP contribution in [0.5, 0.6) is 0 Å². The quantitative estimate of drug-likeness (QED) is 0.847. The number of halogens is 2. The number of rotatable bonds is 5. The number of hydrogen-bond donors (Lipinski definition) is 2. The van der Waals surface area contributed by atoms with Gasteiger partial charge in [0.2, 0.25) is 10.0 Å². The lowest BCUT2D eigenvalue weighted by molar-refractivity contribution is 0.597. The largest absolute Gasteiger partial charge is 0.381 e. The number of hydrogen-bond acceptors (Lipinski definition) is 3. The van der Waals surface area contributed by atoms with Gasteiger partial charge in [-0.3, -0.25) is 0 Å². The summed E-state index contributed by atoms with van der Waals surface area (Å²) in [6.07, 6.45) is 0. The van der Waals surface area contributed by atoms with Crippen molar-refractivity contribution in [2.45, 2.75) is 12.3 Å². The topological polar surface area (TPSA) is 72.2 Å². The lowest BCUT2D eigenvalue weighted by Crippen LogP contribution is -2.14. The molecule has 0 fully saturated rings. The zero-order valence-corrected chi connectivity index (χ0v) is 13.4. The highest BCUT2D eigenvalue weighted by atomic mass is 79.9. The first-order chi connectivity index (χ1) is 9.83. The molecule has 0 aromatic heterocycles. The van der Waals surface area contributed by atoms with E-state index in [0.29, 0.717) is 12.1 Å². The molecular weight excluding hydrogens is 359 g/mol. The van der Waals surface area contributed by atoms with E-state index in [2.05, 4.69) is 21.2 Å². The molecule has 2 aromatic rings. The molecule has 0 aliphatic rings. The summed E-state index contributed by atoms with van der Waals surface area (Å²) >= 11 is 3.36. The van der Waals surface area contributed by atoms with Gasteiger partial charge in [-0.15, -0.1) is 0 Å². The zero-order valence-electron chi connectivity index (χ0n) is 11.0. The summed E-state index contributed by atoms with van der Waals surface area (Å²) in [7, 11) is -3.52. The standard InChI is InChI=1S/C14H14BrFN2O2S/c15-14-6-3-12(16)7-11(14)8-18-13-4-1-10(2-5-13)9-21(17,19)20/h1-7,18H,8-9H2,(H2,17,19,20). The molecule has 21 heavy (non-hydrogen) atoms. The van der Waals surface area contributed by atoms with Gasteiger partial charge in [0, 0.05) is 16.7 Å². The maximum Gasteiger partial charge on any atom is 0.213 e. The van der Waals surface area contributed by atoms with Crippen molar-refractivity contribution in [3.8, 4) is 0 Å². The van der Waals surface area contributed by atoms with Gasteiger partial charge in [0.1, 0.15) is 5.82 Å². The van der Waals surface area contributed by atoms with Gasteiger partial charge in [0.15, 0.2) is 0 Å². The van der Waals surface area contributed by atoms with E-state index in [4.69, 9.17) is 5.14 Å². The molecule has 0 unspecified atom stereocenters.